The van der Waals surface area contributed by atoms with Gasteiger partial charge in [-0.15, -0.1) is 0 Å². The Morgan fingerprint density at radius 1 is 1.08 bits per heavy atom. The van der Waals surface area contributed by atoms with Crippen LogP contribution in [0, 0.1) is 23.0 Å². The molecule has 126 valence electrons. The molecule has 0 saturated carbocycles. The Morgan fingerprint density at radius 3 is 2.64 bits per heavy atom. The van der Waals surface area contributed by atoms with Gasteiger partial charge in [0.05, 0.1) is 17.3 Å². The van der Waals surface area contributed by atoms with Crippen LogP contribution in [0.1, 0.15) is 24.0 Å². The molecule has 6 heteroatoms. The Balaban J connectivity index is 1.85. The first-order valence-corrected chi connectivity index (χ1v) is 8.76. The molecule has 0 fully saturated rings. The maximum atomic E-state index is 14.1. The average molecular weight is 375 g/mol. The number of halogens is 3. The summed E-state index contributed by atoms with van der Waals surface area (Å²) in [5, 5.41) is 9.39. The maximum Gasteiger partial charge on any atom is 0.150 e. The second-order valence-electron chi connectivity index (χ2n) is 5.44. The average Bonchev–Trinajstić information content (AvgIpc) is 2.61. The lowest BCUT2D eigenvalue weighted by Crippen LogP contribution is -1.98. The molecule has 25 heavy (non-hydrogen) atoms. The number of hydrogen-bond donors (Lipinski definition) is 1. The summed E-state index contributed by atoms with van der Waals surface area (Å²) in [4.78, 5) is 0.658. The van der Waals surface area contributed by atoms with Crippen molar-refractivity contribution in [3.05, 3.63) is 76.3 Å². The number of nitriles is 1. The van der Waals surface area contributed by atoms with Crippen LogP contribution < -0.4 is 4.72 Å². The van der Waals surface area contributed by atoms with Gasteiger partial charge in [0.1, 0.15) is 11.6 Å². The third-order valence-corrected chi connectivity index (χ3v) is 4.65. The van der Waals surface area contributed by atoms with Crippen LogP contribution in [0.25, 0.3) is 5.57 Å². The summed E-state index contributed by atoms with van der Waals surface area (Å²) in [6.45, 7) is 0. The fourth-order valence-electron chi connectivity index (χ4n) is 2.46. The topological polar surface area (TPSA) is 35.8 Å². The molecule has 2 aromatic carbocycles. The lowest BCUT2D eigenvalue weighted by atomic mass is 9.98. The molecule has 0 aliphatic heterocycles. The Labute approximate surface area is 153 Å². The van der Waals surface area contributed by atoms with E-state index in [2.05, 4.69) is 4.72 Å². The number of nitrogens with one attached hydrogen (secondary N) is 1. The smallest absolute Gasteiger partial charge is 0.150 e. The number of nitrogens with zero attached hydrogens (tertiary/aromatic N) is 1. The van der Waals surface area contributed by atoms with E-state index in [1.54, 1.807) is 18.2 Å². The summed E-state index contributed by atoms with van der Waals surface area (Å²) >= 11 is 7.07. The van der Waals surface area contributed by atoms with Gasteiger partial charge in [0.2, 0.25) is 0 Å². The molecule has 1 N–H and O–H groups in total. The molecule has 2 aromatic rings. The van der Waals surface area contributed by atoms with Crippen LogP contribution in [0.5, 0.6) is 0 Å². The van der Waals surface area contributed by atoms with Gasteiger partial charge >= 0.3 is 0 Å². The van der Waals surface area contributed by atoms with Crippen molar-refractivity contribution >= 4 is 34.8 Å². The largest absolute Gasteiger partial charge is 0.323 e. The van der Waals surface area contributed by atoms with Crippen LogP contribution >= 0.6 is 23.5 Å². The summed E-state index contributed by atoms with van der Waals surface area (Å²) in [5.74, 6) is -1.28. The minimum Gasteiger partial charge on any atom is -0.323 e. The van der Waals surface area contributed by atoms with Crippen LogP contribution in [0.15, 0.2) is 53.5 Å². The van der Waals surface area contributed by atoms with Crippen LogP contribution in [0.3, 0.4) is 0 Å². The zero-order chi connectivity index (χ0) is 17.8. The van der Waals surface area contributed by atoms with Crippen LogP contribution in [0.4, 0.5) is 14.5 Å². The van der Waals surface area contributed by atoms with E-state index in [0.717, 1.165) is 36.4 Å². The summed E-state index contributed by atoms with van der Waals surface area (Å²) in [7, 11) is 0. The van der Waals surface area contributed by atoms with E-state index in [1.807, 2.05) is 24.3 Å². The molecule has 1 aliphatic carbocycles. The zero-order valence-electron chi connectivity index (χ0n) is 13.0. The summed E-state index contributed by atoms with van der Waals surface area (Å²) in [6.07, 6.45) is 7.49. The molecule has 2 nitrogen and oxygen atoms in total. The normalized spacial score (nSPS) is 13.3. The quantitative estimate of drug-likeness (QED) is 0.634. The molecule has 0 atom stereocenters. The Kier molecular flexibility index (Phi) is 5.42. The monoisotopic (exact) mass is 374 g/mol. The molecule has 0 bridgehead atoms. The van der Waals surface area contributed by atoms with Crippen molar-refractivity contribution in [2.24, 2.45) is 0 Å². The zero-order valence-corrected chi connectivity index (χ0v) is 14.6. The predicted octanol–water partition coefficient (Wildman–Crippen LogP) is 6.34. The molecule has 0 radical (unpaired) electrons. The number of benzene rings is 2. The summed E-state index contributed by atoms with van der Waals surface area (Å²) in [6, 6.07) is 9.19. The highest BCUT2D eigenvalue weighted by Gasteiger charge is 2.13. The van der Waals surface area contributed by atoms with E-state index in [4.69, 9.17) is 16.9 Å². The highest BCUT2D eigenvalue weighted by molar-refractivity contribution is 8.00. The van der Waals surface area contributed by atoms with Gasteiger partial charge in [0.15, 0.2) is 0 Å². The van der Waals surface area contributed by atoms with Crippen molar-refractivity contribution < 1.29 is 8.78 Å². The molecular weight excluding hydrogens is 362 g/mol. The standard InChI is InChI=1S/C19H13ClF2N2S/c20-14-6-12(11-23)7-15(8-14)25-24-19-9-16(17(21)10-18(19)22)13-4-2-1-3-5-13/h2,4-10,24H,1,3H2. The van der Waals surface area contributed by atoms with Crippen LogP contribution in [0.2, 0.25) is 5.02 Å². The SMILES string of the molecule is N#Cc1cc(Cl)cc(SNc2cc(C3=CCCC=C3)c(F)cc2F)c1. The first kappa shape index (κ1) is 17.5. The van der Waals surface area contributed by atoms with Gasteiger partial charge in [-0.3, -0.25) is 0 Å². The lowest BCUT2D eigenvalue weighted by Gasteiger charge is -2.13. The van der Waals surface area contributed by atoms with Crippen LogP contribution in [-0.2, 0) is 0 Å². The second-order valence-corrected chi connectivity index (χ2v) is 6.76. The second kappa shape index (κ2) is 7.73. The van der Waals surface area contributed by atoms with E-state index >= 15 is 0 Å². The molecule has 3 rings (SSSR count). The Bertz CT molecular complexity index is 916. The minimum absolute atomic E-state index is 0.166. The predicted molar refractivity (Wildman–Crippen MR) is 98.4 cm³/mol. The highest BCUT2D eigenvalue weighted by Crippen LogP contribution is 2.31. The van der Waals surface area contributed by atoms with Gasteiger partial charge in [-0.1, -0.05) is 29.8 Å². The summed E-state index contributed by atoms with van der Waals surface area (Å²) < 4.78 is 31.1. The van der Waals surface area contributed by atoms with Crippen LogP contribution in [-0.4, -0.2) is 0 Å². The third-order valence-electron chi connectivity index (χ3n) is 3.64. The molecule has 0 unspecified atom stereocenters. The first-order chi connectivity index (χ1) is 12.1. The van der Waals surface area contributed by atoms with Gasteiger partial charge in [-0.25, -0.2) is 8.78 Å². The van der Waals surface area contributed by atoms with E-state index in [0.29, 0.717) is 21.0 Å². The van der Waals surface area contributed by atoms with Crippen molar-refractivity contribution in [3.63, 3.8) is 0 Å². The van der Waals surface area contributed by atoms with Crippen molar-refractivity contribution in [1.82, 2.24) is 0 Å². The maximum absolute atomic E-state index is 14.1. The number of hydrogen-bond acceptors (Lipinski definition) is 3. The molecule has 0 spiro atoms. The number of rotatable bonds is 4. The molecule has 0 saturated heterocycles. The molecule has 1 aliphatic rings. The van der Waals surface area contributed by atoms with Crippen molar-refractivity contribution in [3.8, 4) is 6.07 Å². The van der Waals surface area contributed by atoms with Gasteiger partial charge in [0.25, 0.3) is 0 Å². The van der Waals surface area contributed by atoms with Gasteiger partial charge in [-0.2, -0.15) is 5.26 Å². The van der Waals surface area contributed by atoms with Crippen molar-refractivity contribution in [2.45, 2.75) is 17.7 Å². The van der Waals surface area contributed by atoms with E-state index < -0.39 is 11.6 Å². The van der Waals surface area contributed by atoms with Crippen molar-refractivity contribution in [2.75, 3.05) is 4.72 Å². The molecular formula is C19H13ClF2N2S. The van der Waals surface area contributed by atoms with Crippen molar-refractivity contribution in [1.29, 1.82) is 5.26 Å². The summed E-state index contributed by atoms with van der Waals surface area (Å²) in [5.41, 5.74) is 1.67. The fourth-order valence-corrected chi connectivity index (χ4v) is 3.52. The third kappa shape index (κ3) is 4.22. The molecule has 0 aromatic heterocycles. The van der Waals surface area contributed by atoms with Gasteiger partial charge in [0, 0.05) is 21.5 Å². The van der Waals surface area contributed by atoms with E-state index in [1.165, 1.54) is 6.07 Å². The number of allylic oxidation sites excluding steroid dienone is 4. The van der Waals surface area contributed by atoms with Gasteiger partial charge in [-0.05, 0) is 54.6 Å². The van der Waals surface area contributed by atoms with E-state index in [9.17, 15) is 8.78 Å². The fraction of sp³-hybridized carbons (Fsp3) is 0.105. The lowest BCUT2D eigenvalue weighted by molar-refractivity contribution is 0.584. The van der Waals surface area contributed by atoms with E-state index in [-0.39, 0.29) is 5.69 Å². The number of anilines is 1. The molecule has 0 heterocycles. The molecule has 0 amide bonds. The highest BCUT2D eigenvalue weighted by atomic mass is 35.5. The van der Waals surface area contributed by atoms with Gasteiger partial charge < -0.3 is 4.72 Å². The Hall–Kier alpha value is -2.29. The first-order valence-electron chi connectivity index (χ1n) is 7.56. The minimum atomic E-state index is -0.684. The Morgan fingerprint density at radius 2 is 1.92 bits per heavy atom.